The van der Waals surface area contributed by atoms with Crippen LogP contribution < -0.4 is 10.3 Å². The molecule has 3 rings (SSSR count). The van der Waals surface area contributed by atoms with Gasteiger partial charge in [0, 0.05) is 12.3 Å². The molecule has 0 bridgehead atoms. The Morgan fingerprint density at radius 3 is 3.00 bits per heavy atom. The standard InChI is InChI=1S/C13H11N3O2S2/c1-18-10-3-2-8(6-14-10)7-16-12(17)11-9(4-5-20-11)15-13(16)19/h2-6H,7H2,1H3,(H,15,19). The minimum Gasteiger partial charge on any atom is -0.481 e. The fourth-order valence-electron chi connectivity index (χ4n) is 1.92. The van der Waals surface area contributed by atoms with Gasteiger partial charge in [-0.1, -0.05) is 6.07 Å². The molecule has 20 heavy (non-hydrogen) atoms. The molecule has 0 aliphatic carbocycles. The maximum atomic E-state index is 12.4. The van der Waals surface area contributed by atoms with E-state index in [4.69, 9.17) is 17.0 Å². The van der Waals surface area contributed by atoms with Gasteiger partial charge in [0.1, 0.15) is 4.70 Å². The largest absolute Gasteiger partial charge is 0.481 e. The zero-order chi connectivity index (χ0) is 14.1. The van der Waals surface area contributed by atoms with Gasteiger partial charge in [0.05, 0.1) is 19.2 Å². The Morgan fingerprint density at radius 2 is 2.30 bits per heavy atom. The smallest absolute Gasteiger partial charge is 0.272 e. The van der Waals surface area contributed by atoms with Crippen LogP contribution in [0.4, 0.5) is 0 Å². The van der Waals surface area contributed by atoms with Crippen molar-refractivity contribution in [3.63, 3.8) is 0 Å². The van der Waals surface area contributed by atoms with Gasteiger partial charge in [0.2, 0.25) is 5.88 Å². The number of methoxy groups -OCH3 is 1. The highest BCUT2D eigenvalue weighted by Crippen LogP contribution is 2.14. The molecule has 0 fully saturated rings. The predicted molar refractivity (Wildman–Crippen MR) is 81.2 cm³/mol. The summed E-state index contributed by atoms with van der Waals surface area (Å²) < 4.78 is 7.64. The van der Waals surface area contributed by atoms with Crippen molar-refractivity contribution in [2.75, 3.05) is 7.11 Å². The number of aromatic amines is 1. The monoisotopic (exact) mass is 305 g/mol. The molecule has 0 amide bonds. The van der Waals surface area contributed by atoms with E-state index in [1.807, 2.05) is 17.5 Å². The normalized spacial score (nSPS) is 10.8. The quantitative estimate of drug-likeness (QED) is 0.756. The Morgan fingerprint density at radius 1 is 1.45 bits per heavy atom. The minimum atomic E-state index is -0.0745. The molecule has 7 heteroatoms. The van der Waals surface area contributed by atoms with Crippen LogP contribution in [-0.4, -0.2) is 21.6 Å². The lowest BCUT2D eigenvalue weighted by Crippen LogP contribution is -2.21. The van der Waals surface area contributed by atoms with E-state index in [0.717, 1.165) is 11.1 Å². The van der Waals surface area contributed by atoms with Crippen molar-refractivity contribution in [1.82, 2.24) is 14.5 Å². The van der Waals surface area contributed by atoms with Crippen molar-refractivity contribution >= 4 is 33.8 Å². The third kappa shape index (κ3) is 2.25. The van der Waals surface area contributed by atoms with E-state index >= 15 is 0 Å². The van der Waals surface area contributed by atoms with Crippen LogP contribution >= 0.6 is 23.6 Å². The van der Waals surface area contributed by atoms with Crippen LogP contribution in [0.15, 0.2) is 34.6 Å². The van der Waals surface area contributed by atoms with Gasteiger partial charge in [-0.15, -0.1) is 11.3 Å². The van der Waals surface area contributed by atoms with Crippen molar-refractivity contribution in [1.29, 1.82) is 0 Å². The lowest BCUT2D eigenvalue weighted by atomic mass is 10.3. The third-order valence-corrected chi connectivity index (χ3v) is 4.16. The summed E-state index contributed by atoms with van der Waals surface area (Å²) in [6.07, 6.45) is 1.68. The molecular formula is C13H11N3O2S2. The molecule has 0 aliphatic heterocycles. The first-order valence-electron chi connectivity index (χ1n) is 5.88. The summed E-state index contributed by atoms with van der Waals surface area (Å²) in [6, 6.07) is 5.49. The zero-order valence-electron chi connectivity index (χ0n) is 10.6. The molecule has 3 aromatic heterocycles. The summed E-state index contributed by atoms with van der Waals surface area (Å²) in [5.74, 6) is 0.542. The Labute approximate surface area is 123 Å². The lowest BCUT2D eigenvalue weighted by Gasteiger charge is -2.07. The van der Waals surface area contributed by atoms with Crippen LogP contribution in [0.1, 0.15) is 5.56 Å². The second-order valence-corrected chi connectivity index (χ2v) is 5.50. The fraction of sp³-hybridized carbons (Fsp3) is 0.154. The number of rotatable bonds is 3. The number of ether oxygens (including phenoxy) is 1. The van der Waals surface area contributed by atoms with Crippen molar-refractivity contribution in [2.24, 2.45) is 0 Å². The molecule has 0 aromatic carbocycles. The van der Waals surface area contributed by atoms with Crippen molar-refractivity contribution in [3.05, 3.63) is 50.5 Å². The molecule has 0 radical (unpaired) electrons. The summed E-state index contributed by atoms with van der Waals surface area (Å²) >= 11 is 6.65. The molecule has 0 unspecified atom stereocenters. The molecule has 5 nitrogen and oxygen atoms in total. The van der Waals surface area contributed by atoms with Gasteiger partial charge in [-0.25, -0.2) is 4.98 Å². The average Bonchev–Trinajstić information content (AvgIpc) is 2.92. The molecule has 0 spiro atoms. The molecule has 3 heterocycles. The van der Waals surface area contributed by atoms with Gasteiger partial charge in [-0.05, 0) is 29.2 Å². The lowest BCUT2D eigenvalue weighted by molar-refractivity contribution is 0.397. The van der Waals surface area contributed by atoms with Crippen LogP contribution in [0.2, 0.25) is 0 Å². The second-order valence-electron chi connectivity index (χ2n) is 4.19. The summed E-state index contributed by atoms with van der Waals surface area (Å²) in [5.41, 5.74) is 1.60. The highest BCUT2D eigenvalue weighted by Gasteiger charge is 2.07. The molecule has 0 saturated heterocycles. The maximum Gasteiger partial charge on any atom is 0.272 e. The van der Waals surface area contributed by atoms with Crippen molar-refractivity contribution in [2.45, 2.75) is 6.54 Å². The van der Waals surface area contributed by atoms with Crippen LogP contribution in [0, 0.1) is 4.77 Å². The number of hydrogen-bond acceptors (Lipinski definition) is 5. The van der Waals surface area contributed by atoms with E-state index in [1.54, 1.807) is 19.4 Å². The van der Waals surface area contributed by atoms with E-state index in [-0.39, 0.29) is 5.56 Å². The molecular weight excluding hydrogens is 294 g/mol. The second kappa shape index (κ2) is 5.18. The van der Waals surface area contributed by atoms with Gasteiger partial charge in [-0.2, -0.15) is 0 Å². The summed E-state index contributed by atoms with van der Waals surface area (Å²) in [7, 11) is 1.56. The Hall–Kier alpha value is -1.99. The van der Waals surface area contributed by atoms with E-state index in [0.29, 0.717) is 21.9 Å². The predicted octanol–water partition coefficient (Wildman–Crippen LogP) is 2.57. The van der Waals surface area contributed by atoms with E-state index in [2.05, 4.69) is 9.97 Å². The first-order chi connectivity index (χ1) is 9.69. The van der Waals surface area contributed by atoms with Gasteiger partial charge in [-0.3, -0.25) is 9.36 Å². The van der Waals surface area contributed by atoms with Gasteiger partial charge in [0.25, 0.3) is 5.56 Å². The van der Waals surface area contributed by atoms with Crippen LogP contribution in [-0.2, 0) is 6.54 Å². The number of H-pyrrole nitrogens is 1. The first kappa shape index (κ1) is 13.0. The number of nitrogens with one attached hydrogen (secondary N) is 1. The Balaban J connectivity index is 2.05. The van der Waals surface area contributed by atoms with Crippen LogP contribution in [0.5, 0.6) is 5.88 Å². The summed E-state index contributed by atoms with van der Waals surface area (Å²) in [4.78, 5) is 19.6. The highest BCUT2D eigenvalue weighted by atomic mass is 32.1. The van der Waals surface area contributed by atoms with Gasteiger partial charge < -0.3 is 9.72 Å². The number of nitrogens with zero attached hydrogens (tertiary/aromatic N) is 2. The number of thiophene rings is 1. The van der Waals surface area contributed by atoms with Crippen molar-refractivity contribution in [3.8, 4) is 5.88 Å². The van der Waals surface area contributed by atoms with Crippen LogP contribution in [0.25, 0.3) is 10.2 Å². The topological polar surface area (TPSA) is 59.9 Å². The zero-order valence-corrected chi connectivity index (χ0v) is 12.3. The fourth-order valence-corrected chi connectivity index (χ4v) is 2.98. The van der Waals surface area contributed by atoms with E-state index < -0.39 is 0 Å². The van der Waals surface area contributed by atoms with Crippen LogP contribution in [0.3, 0.4) is 0 Å². The van der Waals surface area contributed by atoms with Crippen molar-refractivity contribution < 1.29 is 4.74 Å². The minimum absolute atomic E-state index is 0.0745. The number of hydrogen-bond donors (Lipinski definition) is 1. The highest BCUT2D eigenvalue weighted by molar-refractivity contribution is 7.71. The number of fused-ring (bicyclic) bond motifs is 1. The van der Waals surface area contributed by atoms with Gasteiger partial charge >= 0.3 is 0 Å². The molecule has 1 N–H and O–H groups in total. The SMILES string of the molecule is COc1ccc(Cn2c(=S)[nH]c3ccsc3c2=O)cn1. The molecule has 0 atom stereocenters. The first-order valence-corrected chi connectivity index (χ1v) is 7.17. The van der Waals surface area contributed by atoms with Gasteiger partial charge in [0.15, 0.2) is 4.77 Å². The summed E-state index contributed by atoms with van der Waals surface area (Å²) in [6.45, 7) is 0.388. The third-order valence-electron chi connectivity index (χ3n) is 2.94. The Bertz CT molecular complexity index is 862. The van der Waals surface area contributed by atoms with E-state index in [9.17, 15) is 4.79 Å². The molecule has 0 aliphatic rings. The average molecular weight is 305 g/mol. The van der Waals surface area contributed by atoms with E-state index in [1.165, 1.54) is 15.9 Å². The molecule has 102 valence electrons. The number of pyridine rings is 1. The number of aromatic nitrogens is 3. The molecule has 0 saturated carbocycles. The molecule has 3 aromatic rings. The maximum absolute atomic E-state index is 12.4. The Kier molecular flexibility index (Phi) is 3.37. The summed E-state index contributed by atoms with van der Waals surface area (Å²) in [5, 5.41) is 1.87.